The second kappa shape index (κ2) is 10.8. The van der Waals surface area contributed by atoms with Crippen molar-refractivity contribution in [2.24, 2.45) is 5.92 Å². The van der Waals surface area contributed by atoms with Gasteiger partial charge in [-0.3, -0.25) is 4.90 Å². The van der Waals surface area contributed by atoms with Crippen LogP contribution >= 0.6 is 0 Å². The molecule has 2 N–H and O–H groups in total. The fourth-order valence-electron chi connectivity index (χ4n) is 8.57. The van der Waals surface area contributed by atoms with Crippen LogP contribution in [0, 0.1) is 29.9 Å². The number of hydrogen-bond donors (Lipinski definition) is 2. The highest BCUT2D eigenvalue weighted by molar-refractivity contribution is 6.04. The number of rotatable bonds is 5. The number of terminal acetylenes is 1. The van der Waals surface area contributed by atoms with Crippen LogP contribution in [-0.4, -0.2) is 70.4 Å². The molecule has 3 aromatic carbocycles. The summed E-state index contributed by atoms with van der Waals surface area (Å²) in [5.41, 5.74) is 0.581. The van der Waals surface area contributed by atoms with E-state index in [4.69, 9.17) is 21.1 Å². The largest absolute Gasteiger partial charge is 0.508 e. The lowest BCUT2D eigenvalue weighted by atomic mass is 9.92. The topological polar surface area (TPSA) is 73.8 Å². The third-order valence-corrected chi connectivity index (χ3v) is 10.5. The Morgan fingerprint density at radius 2 is 1.93 bits per heavy atom. The number of halogens is 2. The number of aromatic hydroxyl groups is 1. The summed E-state index contributed by atoms with van der Waals surface area (Å²) in [4.78, 5) is 14.4. The molecule has 4 atom stereocenters. The third kappa shape index (κ3) is 4.77. The molecule has 45 heavy (non-hydrogen) atoms. The van der Waals surface area contributed by atoms with Crippen molar-refractivity contribution in [1.29, 1.82) is 0 Å². The van der Waals surface area contributed by atoms with Crippen LogP contribution in [0.3, 0.4) is 0 Å². The number of hydrogen-bond acceptors (Lipinski definition) is 7. The Morgan fingerprint density at radius 1 is 1.07 bits per heavy atom. The van der Waals surface area contributed by atoms with Crippen LogP contribution in [0.1, 0.15) is 51.0 Å². The van der Waals surface area contributed by atoms with Crippen LogP contribution in [0.4, 0.5) is 14.6 Å². The number of anilines is 1. The first-order valence-electron chi connectivity index (χ1n) is 16.1. The Balaban J connectivity index is 1.27. The maximum atomic E-state index is 16.9. The minimum absolute atomic E-state index is 0.0210. The average Bonchev–Trinajstić information content (AvgIpc) is 3.66. The molecule has 0 spiro atoms. The van der Waals surface area contributed by atoms with E-state index in [1.807, 2.05) is 6.07 Å². The van der Waals surface area contributed by atoms with E-state index in [0.29, 0.717) is 52.1 Å². The SMILES string of the molecule is C#Cc1c(F)ccc2cc(O)cc(-c3ccc4c(N5CC[C@H]6CC[C@@H](C5)N6)nc(OC[C@@]56CCCN5C[C@H](C)C6)nc4c3F)c12. The molecule has 0 saturated carbocycles. The molecule has 0 radical (unpaired) electrons. The number of phenolic OH excluding ortho intramolecular Hbond substituents is 1. The van der Waals surface area contributed by atoms with Crippen molar-refractivity contribution < 1.29 is 18.6 Å². The molecule has 4 aromatic rings. The maximum absolute atomic E-state index is 16.9. The Hall–Kier alpha value is -4.00. The van der Waals surface area contributed by atoms with Crippen LogP contribution in [0.2, 0.25) is 0 Å². The molecule has 1 aromatic heterocycles. The summed E-state index contributed by atoms with van der Waals surface area (Å²) >= 11 is 0. The van der Waals surface area contributed by atoms with E-state index in [9.17, 15) is 9.50 Å². The number of phenols is 1. The summed E-state index contributed by atoms with van der Waals surface area (Å²) in [6.45, 7) is 6.43. The molecule has 7 nitrogen and oxygen atoms in total. The first-order chi connectivity index (χ1) is 21.8. The molecule has 232 valence electrons. The standard InChI is InChI=1S/C36H37F2N5O2/c1-3-26-30(37)10-5-22-15-25(44)16-29(31(22)26)27-8-9-28-33(32(27)38)40-35(45-20-36-12-4-13-43(36)18-21(2)17-36)41-34(28)42-14-11-23-6-7-24(19-42)39-23/h1,5,8-10,15-16,21,23-24,39,44H,4,6-7,11-14,17-20H2,2H3/t21-,23-,24+,36+/m1/s1. The predicted octanol–water partition coefficient (Wildman–Crippen LogP) is 6.00. The van der Waals surface area contributed by atoms with E-state index in [2.05, 4.69) is 28.0 Å². The number of fused-ring (bicyclic) bond motifs is 5. The summed E-state index contributed by atoms with van der Waals surface area (Å²) in [6, 6.07) is 10.2. The smallest absolute Gasteiger partial charge is 0.319 e. The van der Waals surface area contributed by atoms with E-state index in [0.717, 1.165) is 58.3 Å². The van der Waals surface area contributed by atoms with Crippen molar-refractivity contribution in [2.75, 3.05) is 37.7 Å². The zero-order chi connectivity index (χ0) is 30.9. The lowest BCUT2D eigenvalue weighted by Crippen LogP contribution is -2.43. The highest BCUT2D eigenvalue weighted by Gasteiger charge is 2.47. The highest BCUT2D eigenvalue weighted by Crippen LogP contribution is 2.43. The Kier molecular flexibility index (Phi) is 6.84. The summed E-state index contributed by atoms with van der Waals surface area (Å²) in [5.74, 6) is 2.44. The second-order valence-electron chi connectivity index (χ2n) is 13.6. The molecule has 9 heteroatoms. The quantitative estimate of drug-likeness (QED) is 0.269. The maximum Gasteiger partial charge on any atom is 0.319 e. The van der Waals surface area contributed by atoms with Gasteiger partial charge in [0.15, 0.2) is 5.82 Å². The summed E-state index contributed by atoms with van der Waals surface area (Å²) in [7, 11) is 0. The lowest BCUT2D eigenvalue weighted by molar-refractivity contribution is 0.107. The van der Waals surface area contributed by atoms with E-state index < -0.39 is 11.6 Å². The van der Waals surface area contributed by atoms with Crippen LogP contribution < -0.4 is 15.0 Å². The van der Waals surface area contributed by atoms with Gasteiger partial charge in [0.2, 0.25) is 0 Å². The van der Waals surface area contributed by atoms with E-state index in [-0.39, 0.29) is 33.9 Å². The highest BCUT2D eigenvalue weighted by atomic mass is 19.1. The molecule has 4 aliphatic heterocycles. The number of nitrogens with zero attached hydrogens (tertiary/aromatic N) is 4. The average molecular weight is 610 g/mol. The van der Waals surface area contributed by atoms with Crippen LogP contribution in [0.5, 0.6) is 11.8 Å². The molecule has 0 aliphatic carbocycles. The van der Waals surface area contributed by atoms with Crippen LogP contribution in [-0.2, 0) is 0 Å². The number of nitrogens with one attached hydrogen (secondary N) is 1. The normalized spacial score (nSPS) is 26.4. The number of ether oxygens (including phenoxy) is 1. The van der Waals surface area contributed by atoms with Gasteiger partial charge in [0, 0.05) is 48.1 Å². The minimum Gasteiger partial charge on any atom is -0.508 e. The number of benzene rings is 3. The molecule has 0 unspecified atom stereocenters. The van der Waals surface area contributed by atoms with E-state index in [1.54, 1.807) is 6.07 Å². The fraction of sp³-hybridized carbons (Fsp3) is 0.444. The summed E-state index contributed by atoms with van der Waals surface area (Å²) in [6.07, 6.45) is 12.2. The van der Waals surface area contributed by atoms with Gasteiger partial charge in [-0.15, -0.1) is 6.42 Å². The van der Waals surface area contributed by atoms with Gasteiger partial charge in [0.25, 0.3) is 0 Å². The first-order valence-corrected chi connectivity index (χ1v) is 16.1. The monoisotopic (exact) mass is 609 g/mol. The van der Waals surface area contributed by atoms with Gasteiger partial charge in [0.05, 0.1) is 11.1 Å². The van der Waals surface area contributed by atoms with Gasteiger partial charge in [-0.25, -0.2) is 8.78 Å². The second-order valence-corrected chi connectivity index (χ2v) is 13.6. The molecule has 0 amide bonds. The fourth-order valence-corrected chi connectivity index (χ4v) is 8.57. The first kappa shape index (κ1) is 28.5. The zero-order valence-corrected chi connectivity index (χ0v) is 25.5. The molecule has 4 aliphatic rings. The van der Waals surface area contributed by atoms with Crippen molar-refractivity contribution in [1.82, 2.24) is 20.2 Å². The van der Waals surface area contributed by atoms with Crippen molar-refractivity contribution >= 4 is 27.5 Å². The summed E-state index contributed by atoms with van der Waals surface area (Å²) in [5, 5.41) is 15.8. The van der Waals surface area contributed by atoms with Crippen molar-refractivity contribution in [3.05, 3.63) is 53.6 Å². The molecule has 2 bridgehead atoms. The lowest BCUT2D eigenvalue weighted by Gasteiger charge is -2.31. The zero-order valence-electron chi connectivity index (χ0n) is 25.5. The minimum atomic E-state index is -0.593. The molecule has 8 rings (SSSR count). The predicted molar refractivity (Wildman–Crippen MR) is 172 cm³/mol. The molecule has 4 saturated heterocycles. The van der Waals surface area contributed by atoms with Gasteiger partial charge in [-0.05, 0) is 86.2 Å². The molecular formula is C36H37F2N5O2. The van der Waals surface area contributed by atoms with Crippen molar-refractivity contribution in [2.45, 2.75) is 63.1 Å². The number of aromatic nitrogens is 2. The summed E-state index contributed by atoms with van der Waals surface area (Å²) < 4.78 is 38.2. The van der Waals surface area contributed by atoms with E-state index in [1.165, 1.54) is 30.7 Å². The van der Waals surface area contributed by atoms with Gasteiger partial charge in [-0.1, -0.05) is 25.0 Å². The Labute approximate surface area is 261 Å². The molecule has 5 heterocycles. The van der Waals surface area contributed by atoms with Crippen LogP contribution in [0.15, 0.2) is 36.4 Å². The van der Waals surface area contributed by atoms with Gasteiger partial charge in [0.1, 0.15) is 29.5 Å². The van der Waals surface area contributed by atoms with Crippen molar-refractivity contribution in [3.63, 3.8) is 0 Å². The van der Waals surface area contributed by atoms with Gasteiger partial charge < -0.3 is 20.1 Å². The molecular weight excluding hydrogens is 572 g/mol. The van der Waals surface area contributed by atoms with Gasteiger partial charge in [-0.2, -0.15) is 9.97 Å². The van der Waals surface area contributed by atoms with Crippen LogP contribution in [0.25, 0.3) is 32.8 Å². The van der Waals surface area contributed by atoms with Gasteiger partial charge >= 0.3 is 6.01 Å². The van der Waals surface area contributed by atoms with Crippen molar-refractivity contribution in [3.8, 4) is 35.2 Å². The van der Waals surface area contributed by atoms with E-state index >= 15 is 4.39 Å². The Morgan fingerprint density at radius 3 is 2.80 bits per heavy atom. The Bertz CT molecular complexity index is 1870. The molecule has 4 fully saturated rings. The third-order valence-electron chi connectivity index (χ3n) is 10.5.